The van der Waals surface area contributed by atoms with E-state index < -0.39 is 0 Å². The SMILES string of the molecule is CCOC(=O)CC1C=CC(=O)S1. The lowest BCUT2D eigenvalue weighted by atomic mass is 10.3. The Hall–Kier alpha value is -0.770. The minimum absolute atomic E-state index is 0.0171. The molecule has 66 valence electrons. The monoisotopic (exact) mass is 186 g/mol. The van der Waals surface area contributed by atoms with E-state index in [2.05, 4.69) is 0 Å². The molecule has 0 bridgehead atoms. The van der Waals surface area contributed by atoms with Crippen LogP contribution in [0.3, 0.4) is 0 Å². The first-order chi connectivity index (χ1) is 5.72. The van der Waals surface area contributed by atoms with E-state index in [4.69, 9.17) is 4.74 Å². The zero-order chi connectivity index (χ0) is 8.97. The van der Waals surface area contributed by atoms with E-state index in [9.17, 15) is 9.59 Å². The molecule has 1 atom stereocenters. The number of rotatable bonds is 3. The van der Waals surface area contributed by atoms with E-state index in [0.717, 1.165) is 0 Å². The van der Waals surface area contributed by atoms with Gasteiger partial charge < -0.3 is 4.74 Å². The lowest BCUT2D eigenvalue weighted by molar-refractivity contribution is -0.142. The Morgan fingerprint density at radius 2 is 2.50 bits per heavy atom. The number of thioether (sulfide) groups is 1. The van der Waals surface area contributed by atoms with E-state index in [1.54, 1.807) is 13.0 Å². The fourth-order valence-electron chi connectivity index (χ4n) is 0.908. The molecule has 0 aromatic heterocycles. The van der Waals surface area contributed by atoms with Gasteiger partial charge in [-0.2, -0.15) is 0 Å². The molecule has 0 saturated carbocycles. The van der Waals surface area contributed by atoms with Crippen molar-refractivity contribution in [3.8, 4) is 0 Å². The maximum absolute atomic E-state index is 10.9. The van der Waals surface area contributed by atoms with Crippen molar-refractivity contribution in [3.63, 3.8) is 0 Å². The molecule has 4 heteroatoms. The van der Waals surface area contributed by atoms with Gasteiger partial charge in [-0.15, -0.1) is 0 Å². The first-order valence-electron chi connectivity index (χ1n) is 3.77. The number of hydrogen-bond donors (Lipinski definition) is 0. The van der Waals surface area contributed by atoms with Crippen molar-refractivity contribution in [2.24, 2.45) is 0 Å². The predicted octanol–water partition coefficient (Wildman–Crippen LogP) is 1.14. The van der Waals surface area contributed by atoms with E-state index >= 15 is 0 Å². The maximum atomic E-state index is 10.9. The Bertz CT molecular complexity index is 222. The summed E-state index contributed by atoms with van der Waals surface area (Å²) in [6.45, 7) is 2.16. The van der Waals surface area contributed by atoms with Crippen molar-refractivity contribution >= 4 is 22.8 Å². The zero-order valence-corrected chi connectivity index (χ0v) is 7.60. The molecule has 0 aromatic rings. The molecule has 0 aliphatic carbocycles. The van der Waals surface area contributed by atoms with Gasteiger partial charge in [-0.05, 0) is 13.0 Å². The molecule has 1 unspecified atom stereocenters. The van der Waals surface area contributed by atoms with Crippen LogP contribution >= 0.6 is 11.8 Å². The summed E-state index contributed by atoms with van der Waals surface area (Å²) < 4.78 is 4.74. The molecule has 12 heavy (non-hydrogen) atoms. The molecule has 1 aliphatic heterocycles. The quantitative estimate of drug-likeness (QED) is 0.620. The van der Waals surface area contributed by atoms with Gasteiger partial charge in [0, 0.05) is 5.25 Å². The van der Waals surface area contributed by atoms with Gasteiger partial charge in [-0.1, -0.05) is 17.8 Å². The number of carbonyl (C=O) groups excluding carboxylic acids is 2. The fourth-order valence-corrected chi connectivity index (χ4v) is 1.74. The van der Waals surface area contributed by atoms with Crippen LogP contribution in [-0.2, 0) is 14.3 Å². The minimum Gasteiger partial charge on any atom is -0.466 e. The third-order valence-electron chi connectivity index (χ3n) is 1.39. The number of ether oxygens (including phenoxy) is 1. The lowest BCUT2D eigenvalue weighted by Crippen LogP contribution is -2.10. The Morgan fingerprint density at radius 1 is 1.75 bits per heavy atom. The van der Waals surface area contributed by atoms with Crippen molar-refractivity contribution < 1.29 is 14.3 Å². The van der Waals surface area contributed by atoms with Gasteiger partial charge in [0.05, 0.1) is 13.0 Å². The van der Waals surface area contributed by atoms with E-state index in [1.807, 2.05) is 0 Å². The molecule has 0 aromatic carbocycles. The normalized spacial score (nSPS) is 21.4. The van der Waals surface area contributed by atoms with Gasteiger partial charge in [0.1, 0.15) is 0 Å². The second-order valence-corrected chi connectivity index (χ2v) is 3.59. The molecule has 0 fully saturated rings. The molecule has 0 saturated heterocycles. The van der Waals surface area contributed by atoms with Gasteiger partial charge in [0.15, 0.2) is 0 Å². The maximum Gasteiger partial charge on any atom is 0.307 e. The Labute approximate surface area is 75.2 Å². The van der Waals surface area contributed by atoms with Crippen LogP contribution in [0.1, 0.15) is 13.3 Å². The van der Waals surface area contributed by atoms with Crippen molar-refractivity contribution in [3.05, 3.63) is 12.2 Å². The van der Waals surface area contributed by atoms with E-state index in [-0.39, 0.29) is 16.3 Å². The van der Waals surface area contributed by atoms with Crippen LogP contribution in [-0.4, -0.2) is 22.9 Å². The second-order valence-electron chi connectivity index (χ2n) is 2.34. The summed E-state index contributed by atoms with van der Waals surface area (Å²) in [6, 6.07) is 0. The summed E-state index contributed by atoms with van der Waals surface area (Å²) >= 11 is 1.17. The number of carbonyl (C=O) groups is 2. The minimum atomic E-state index is -0.241. The van der Waals surface area contributed by atoms with Crippen LogP contribution in [0.4, 0.5) is 0 Å². The van der Waals surface area contributed by atoms with Gasteiger partial charge in [-0.3, -0.25) is 9.59 Å². The van der Waals surface area contributed by atoms with Crippen molar-refractivity contribution in [1.82, 2.24) is 0 Å². The molecular formula is C8H10O3S. The first kappa shape index (κ1) is 9.32. The van der Waals surface area contributed by atoms with Crippen LogP contribution in [0.15, 0.2) is 12.2 Å². The topological polar surface area (TPSA) is 43.4 Å². The Balaban J connectivity index is 2.28. The first-order valence-corrected chi connectivity index (χ1v) is 4.64. The molecule has 0 N–H and O–H groups in total. The molecule has 1 rings (SSSR count). The van der Waals surface area contributed by atoms with Crippen LogP contribution in [0.2, 0.25) is 0 Å². The van der Waals surface area contributed by atoms with Gasteiger partial charge >= 0.3 is 5.97 Å². The standard InChI is InChI=1S/C8H10O3S/c1-2-11-7(9)5-6-3-4-8(10)12-6/h3-4,6H,2,5H2,1H3. The summed E-state index contributed by atoms with van der Waals surface area (Å²) in [7, 11) is 0. The van der Waals surface area contributed by atoms with Crippen LogP contribution < -0.4 is 0 Å². The molecule has 0 spiro atoms. The smallest absolute Gasteiger partial charge is 0.307 e. The molecule has 1 heterocycles. The average Bonchev–Trinajstić information content (AvgIpc) is 2.36. The number of hydrogen-bond acceptors (Lipinski definition) is 4. The highest BCUT2D eigenvalue weighted by Gasteiger charge is 2.19. The third kappa shape index (κ3) is 2.70. The van der Waals surface area contributed by atoms with Crippen molar-refractivity contribution in [2.45, 2.75) is 18.6 Å². The van der Waals surface area contributed by atoms with E-state index in [0.29, 0.717) is 13.0 Å². The molecular weight excluding hydrogens is 176 g/mol. The average molecular weight is 186 g/mol. The van der Waals surface area contributed by atoms with Crippen LogP contribution in [0.25, 0.3) is 0 Å². The fraction of sp³-hybridized carbons (Fsp3) is 0.500. The van der Waals surface area contributed by atoms with Crippen molar-refractivity contribution in [1.29, 1.82) is 0 Å². The van der Waals surface area contributed by atoms with Crippen LogP contribution in [0, 0.1) is 0 Å². The summed E-state index contributed by atoms with van der Waals surface area (Å²) in [5.41, 5.74) is 0. The van der Waals surface area contributed by atoms with E-state index in [1.165, 1.54) is 17.8 Å². The molecule has 0 amide bonds. The Kier molecular flexibility index (Phi) is 3.34. The van der Waals surface area contributed by atoms with Gasteiger partial charge in [-0.25, -0.2) is 0 Å². The highest BCUT2D eigenvalue weighted by molar-refractivity contribution is 8.15. The van der Waals surface area contributed by atoms with Gasteiger partial charge in [0.2, 0.25) is 5.12 Å². The van der Waals surface area contributed by atoms with Crippen LogP contribution in [0.5, 0.6) is 0 Å². The Morgan fingerprint density at radius 3 is 3.00 bits per heavy atom. The zero-order valence-electron chi connectivity index (χ0n) is 6.78. The highest BCUT2D eigenvalue weighted by Crippen LogP contribution is 2.24. The molecule has 3 nitrogen and oxygen atoms in total. The van der Waals surface area contributed by atoms with Crippen molar-refractivity contribution in [2.75, 3.05) is 6.61 Å². The summed E-state index contributed by atoms with van der Waals surface area (Å²) in [4.78, 5) is 21.6. The summed E-state index contributed by atoms with van der Waals surface area (Å²) in [6.07, 6.45) is 3.53. The number of esters is 1. The molecule has 0 radical (unpaired) electrons. The summed E-state index contributed by atoms with van der Waals surface area (Å²) in [5, 5.41) is 0.000786. The lowest BCUT2D eigenvalue weighted by Gasteiger charge is -2.04. The second kappa shape index (κ2) is 4.30. The largest absolute Gasteiger partial charge is 0.466 e. The molecule has 1 aliphatic rings. The highest BCUT2D eigenvalue weighted by atomic mass is 32.2. The van der Waals surface area contributed by atoms with Gasteiger partial charge in [0.25, 0.3) is 0 Å². The third-order valence-corrected chi connectivity index (χ3v) is 2.38. The predicted molar refractivity (Wildman–Crippen MR) is 46.8 cm³/mol. The summed E-state index contributed by atoms with van der Waals surface area (Å²) in [5.74, 6) is -0.241.